The van der Waals surface area contributed by atoms with Gasteiger partial charge >= 0.3 is 5.97 Å². The van der Waals surface area contributed by atoms with Gasteiger partial charge in [0.25, 0.3) is 5.91 Å². The van der Waals surface area contributed by atoms with Gasteiger partial charge in [0.2, 0.25) is 0 Å². The molecule has 0 aliphatic rings. The van der Waals surface area contributed by atoms with Crippen LogP contribution < -0.4 is 10.6 Å². The van der Waals surface area contributed by atoms with Crippen molar-refractivity contribution in [3.8, 4) is 0 Å². The number of nitrogens with one attached hydrogen (secondary N) is 2. The van der Waals surface area contributed by atoms with Crippen LogP contribution in [0.4, 0.5) is 16.0 Å². The molecule has 0 aliphatic carbocycles. The van der Waals surface area contributed by atoms with Crippen LogP contribution in [0.5, 0.6) is 0 Å². The van der Waals surface area contributed by atoms with Gasteiger partial charge in [-0.15, -0.1) is 22.7 Å². The van der Waals surface area contributed by atoms with E-state index in [-0.39, 0.29) is 23.0 Å². The summed E-state index contributed by atoms with van der Waals surface area (Å²) < 4.78 is 27.9. The molecule has 12 heteroatoms. The highest BCUT2D eigenvalue weighted by molar-refractivity contribution is 7.90. The van der Waals surface area contributed by atoms with E-state index in [4.69, 9.17) is 4.74 Å². The van der Waals surface area contributed by atoms with E-state index in [2.05, 4.69) is 20.6 Å². The number of esters is 1. The van der Waals surface area contributed by atoms with Crippen molar-refractivity contribution in [3.63, 3.8) is 0 Å². The van der Waals surface area contributed by atoms with E-state index in [0.29, 0.717) is 28.3 Å². The first kappa shape index (κ1) is 21.9. The summed E-state index contributed by atoms with van der Waals surface area (Å²) in [6.45, 7) is 2.03. The number of aromatic nitrogens is 2. The number of sulfone groups is 1. The van der Waals surface area contributed by atoms with Gasteiger partial charge in [-0.25, -0.2) is 18.4 Å². The Morgan fingerprint density at radius 3 is 2.43 bits per heavy atom. The Hall–Kier alpha value is -2.83. The highest BCUT2D eigenvalue weighted by atomic mass is 32.2. The number of hydrogen-bond acceptors (Lipinski definition) is 10. The zero-order chi connectivity index (χ0) is 21.7. The van der Waals surface area contributed by atoms with Crippen molar-refractivity contribution in [1.29, 1.82) is 0 Å². The molecule has 2 heterocycles. The first-order valence-corrected chi connectivity index (χ1v) is 12.3. The Labute approximate surface area is 181 Å². The number of carbonyl (C=O) groups is 2. The summed E-state index contributed by atoms with van der Waals surface area (Å²) in [5.41, 5.74) is 1.37. The maximum Gasteiger partial charge on any atom is 0.311 e. The SMILES string of the molecule is CCOC(=O)Cc1csc(NC(=O)c2csc(Nc3ccc(S(C)(=O)=O)cc3)n2)n1. The van der Waals surface area contributed by atoms with Crippen LogP contribution in [-0.2, 0) is 25.8 Å². The molecule has 2 N–H and O–H groups in total. The van der Waals surface area contributed by atoms with Crippen LogP contribution in [0, 0.1) is 0 Å². The number of nitrogens with zero attached hydrogens (tertiary/aromatic N) is 2. The molecule has 0 spiro atoms. The summed E-state index contributed by atoms with van der Waals surface area (Å²) in [7, 11) is -3.26. The van der Waals surface area contributed by atoms with E-state index >= 15 is 0 Å². The lowest BCUT2D eigenvalue weighted by Crippen LogP contribution is -2.12. The molecule has 9 nitrogen and oxygen atoms in total. The average molecular weight is 467 g/mol. The van der Waals surface area contributed by atoms with Gasteiger partial charge in [-0.1, -0.05) is 0 Å². The third-order valence-corrected chi connectivity index (χ3v) is 6.37. The van der Waals surface area contributed by atoms with Crippen molar-refractivity contribution in [2.75, 3.05) is 23.5 Å². The minimum Gasteiger partial charge on any atom is -0.466 e. The van der Waals surface area contributed by atoms with Gasteiger partial charge in [0, 0.05) is 22.7 Å². The minimum atomic E-state index is -3.26. The second-order valence-corrected chi connectivity index (χ2v) is 9.77. The van der Waals surface area contributed by atoms with E-state index in [1.54, 1.807) is 29.8 Å². The molecule has 0 atom stereocenters. The molecule has 2 aromatic heterocycles. The second-order valence-electron chi connectivity index (χ2n) is 6.04. The monoisotopic (exact) mass is 466 g/mol. The first-order valence-electron chi connectivity index (χ1n) is 8.68. The zero-order valence-electron chi connectivity index (χ0n) is 16.0. The number of thiazole rings is 2. The lowest BCUT2D eigenvalue weighted by Gasteiger charge is -2.03. The highest BCUT2D eigenvalue weighted by Gasteiger charge is 2.15. The number of hydrogen-bond donors (Lipinski definition) is 2. The van der Waals surface area contributed by atoms with Crippen molar-refractivity contribution in [2.45, 2.75) is 18.2 Å². The molecule has 1 amide bonds. The topological polar surface area (TPSA) is 127 Å². The number of benzene rings is 1. The summed E-state index contributed by atoms with van der Waals surface area (Å²) in [5, 5.41) is 9.79. The largest absolute Gasteiger partial charge is 0.466 e. The van der Waals surface area contributed by atoms with Crippen molar-refractivity contribution in [2.24, 2.45) is 0 Å². The maximum atomic E-state index is 12.4. The lowest BCUT2D eigenvalue weighted by molar-refractivity contribution is -0.142. The fourth-order valence-electron chi connectivity index (χ4n) is 2.31. The number of anilines is 3. The molecule has 0 saturated carbocycles. The van der Waals surface area contributed by atoms with Crippen LogP contribution >= 0.6 is 22.7 Å². The van der Waals surface area contributed by atoms with Crippen LogP contribution in [-0.4, -0.2) is 43.1 Å². The van der Waals surface area contributed by atoms with Gasteiger partial charge in [-0.3, -0.25) is 14.9 Å². The van der Waals surface area contributed by atoms with E-state index in [1.165, 1.54) is 34.8 Å². The van der Waals surface area contributed by atoms with Crippen molar-refractivity contribution in [1.82, 2.24) is 9.97 Å². The molecule has 1 aromatic carbocycles. The highest BCUT2D eigenvalue weighted by Crippen LogP contribution is 2.23. The van der Waals surface area contributed by atoms with E-state index in [0.717, 1.165) is 6.26 Å². The standard InChI is InChI=1S/C18H18N4O5S3/c1-3-27-15(23)8-12-9-28-18(20-12)22-16(24)14-10-29-17(21-14)19-11-4-6-13(7-5-11)30(2,25)26/h4-7,9-10H,3,8H2,1-2H3,(H,19,21)(H,20,22,24). The third-order valence-electron chi connectivity index (χ3n) is 3.67. The number of ether oxygens (including phenoxy) is 1. The van der Waals surface area contributed by atoms with E-state index in [9.17, 15) is 18.0 Å². The third kappa shape index (κ3) is 5.84. The average Bonchev–Trinajstić information content (AvgIpc) is 3.31. The Morgan fingerprint density at radius 1 is 1.07 bits per heavy atom. The molecular formula is C18H18N4O5S3. The molecule has 3 rings (SSSR count). The molecule has 158 valence electrons. The summed E-state index contributed by atoms with van der Waals surface area (Å²) in [4.78, 5) is 32.5. The van der Waals surface area contributed by atoms with Gasteiger partial charge in [-0.2, -0.15) is 0 Å². The summed E-state index contributed by atoms with van der Waals surface area (Å²) in [6.07, 6.45) is 1.19. The van der Waals surface area contributed by atoms with Crippen molar-refractivity contribution < 1.29 is 22.7 Å². The summed E-state index contributed by atoms with van der Waals surface area (Å²) in [5.74, 6) is -0.802. The fourth-order valence-corrected chi connectivity index (χ4v) is 4.36. The quantitative estimate of drug-likeness (QED) is 0.485. The number of rotatable bonds is 8. The molecule has 30 heavy (non-hydrogen) atoms. The normalized spacial score (nSPS) is 11.1. The van der Waals surface area contributed by atoms with Crippen LogP contribution in [0.15, 0.2) is 39.9 Å². The van der Waals surface area contributed by atoms with Crippen molar-refractivity contribution >= 4 is 60.3 Å². The van der Waals surface area contributed by atoms with Crippen LogP contribution in [0.3, 0.4) is 0 Å². The molecule has 0 unspecified atom stereocenters. The van der Waals surface area contributed by atoms with Crippen LogP contribution in [0.25, 0.3) is 0 Å². The Morgan fingerprint density at radius 2 is 1.77 bits per heavy atom. The molecule has 0 aliphatic heterocycles. The summed E-state index contributed by atoms with van der Waals surface area (Å²) in [6, 6.07) is 6.24. The summed E-state index contributed by atoms with van der Waals surface area (Å²) >= 11 is 2.44. The van der Waals surface area contributed by atoms with E-state index in [1.807, 2.05) is 0 Å². The minimum absolute atomic E-state index is 0.0447. The Balaban J connectivity index is 1.60. The smallest absolute Gasteiger partial charge is 0.311 e. The molecule has 0 saturated heterocycles. The molecule has 0 fully saturated rings. The van der Waals surface area contributed by atoms with Gasteiger partial charge in [-0.05, 0) is 31.2 Å². The molecule has 0 bridgehead atoms. The Bertz CT molecular complexity index is 1150. The van der Waals surface area contributed by atoms with Gasteiger partial charge in [0.1, 0.15) is 5.69 Å². The van der Waals surface area contributed by atoms with E-state index < -0.39 is 15.7 Å². The Kier molecular flexibility index (Phi) is 6.80. The predicted molar refractivity (Wildman–Crippen MR) is 115 cm³/mol. The van der Waals surface area contributed by atoms with Gasteiger partial charge in [0.15, 0.2) is 20.1 Å². The lowest BCUT2D eigenvalue weighted by atomic mass is 10.3. The first-order chi connectivity index (χ1) is 14.2. The number of carbonyl (C=O) groups excluding carboxylic acids is 2. The molecular weight excluding hydrogens is 448 g/mol. The zero-order valence-corrected chi connectivity index (χ0v) is 18.5. The van der Waals surface area contributed by atoms with Crippen molar-refractivity contribution in [3.05, 3.63) is 46.4 Å². The predicted octanol–water partition coefficient (Wildman–Crippen LogP) is 3.10. The van der Waals surface area contributed by atoms with Crippen LogP contribution in [0.2, 0.25) is 0 Å². The fraction of sp³-hybridized carbons (Fsp3) is 0.222. The maximum absolute atomic E-state index is 12.4. The molecule has 3 aromatic rings. The molecule has 0 radical (unpaired) electrons. The van der Waals surface area contributed by atoms with Gasteiger partial charge in [0.05, 0.1) is 23.6 Å². The van der Waals surface area contributed by atoms with Gasteiger partial charge < -0.3 is 10.1 Å². The second kappa shape index (κ2) is 9.32. The van der Waals surface area contributed by atoms with Crippen LogP contribution in [0.1, 0.15) is 23.1 Å². The number of amides is 1.